The maximum Gasteiger partial charge on any atom is 0.573 e. The molecule has 4 aromatic rings. The topological polar surface area (TPSA) is 76.2 Å². The Hall–Kier alpha value is -4.08. The summed E-state index contributed by atoms with van der Waals surface area (Å²) in [5.41, 5.74) is 0.912. The van der Waals surface area contributed by atoms with E-state index in [0.717, 1.165) is 0 Å². The van der Waals surface area contributed by atoms with Gasteiger partial charge in [-0.2, -0.15) is 5.10 Å². The molecule has 0 aliphatic carbocycles. The molecule has 2 N–H and O–H groups in total. The van der Waals surface area contributed by atoms with Crippen LogP contribution in [0.3, 0.4) is 0 Å². The summed E-state index contributed by atoms with van der Waals surface area (Å²) < 4.78 is 60.4. The summed E-state index contributed by atoms with van der Waals surface area (Å²) in [5, 5.41) is 9.92. The third kappa shape index (κ3) is 4.97. The molecule has 0 saturated heterocycles. The Morgan fingerprint density at radius 2 is 1.81 bits per heavy atom. The van der Waals surface area contributed by atoms with Crippen LogP contribution in [0, 0.1) is 5.82 Å². The van der Waals surface area contributed by atoms with E-state index in [-0.39, 0.29) is 23.7 Å². The molecule has 0 radical (unpaired) electrons. The number of benzene rings is 3. The van der Waals surface area contributed by atoms with E-state index < -0.39 is 18.1 Å². The summed E-state index contributed by atoms with van der Waals surface area (Å²) in [5.74, 6) is -0.979. The molecule has 1 heterocycles. The summed E-state index contributed by atoms with van der Waals surface area (Å²) in [6, 6.07) is 15.9. The number of carbonyl (C=O) groups is 1. The summed E-state index contributed by atoms with van der Waals surface area (Å²) in [6.45, 7) is 0.00553. The molecular weight excluding hydrogens is 430 g/mol. The fourth-order valence-corrected chi connectivity index (χ4v) is 3.00. The summed E-state index contributed by atoms with van der Waals surface area (Å²) in [4.78, 5) is 12.3. The Morgan fingerprint density at radius 3 is 2.59 bits per heavy atom. The predicted octanol–water partition coefficient (Wildman–Crippen LogP) is 5.43. The van der Waals surface area contributed by atoms with Crippen molar-refractivity contribution in [3.05, 3.63) is 83.7 Å². The number of nitrogens with zero attached hydrogens (tertiary/aromatic N) is 1. The molecule has 10 heteroatoms. The van der Waals surface area contributed by atoms with Crippen molar-refractivity contribution in [1.29, 1.82) is 0 Å². The van der Waals surface area contributed by atoms with Gasteiger partial charge in [-0.3, -0.25) is 9.89 Å². The minimum Gasteiger partial charge on any atom is -0.489 e. The van der Waals surface area contributed by atoms with E-state index in [9.17, 15) is 22.4 Å². The van der Waals surface area contributed by atoms with Crippen molar-refractivity contribution in [1.82, 2.24) is 10.2 Å². The molecule has 4 rings (SSSR count). The molecule has 0 fully saturated rings. The monoisotopic (exact) mass is 445 g/mol. The maximum atomic E-state index is 13.8. The lowest BCUT2D eigenvalue weighted by Crippen LogP contribution is -2.17. The van der Waals surface area contributed by atoms with Crippen LogP contribution in [0.5, 0.6) is 11.5 Å². The van der Waals surface area contributed by atoms with E-state index in [1.807, 2.05) is 0 Å². The van der Waals surface area contributed by atoms with Crippen LogP contribution in [-0.2, 0) is 6.61 Å². The number of aromatic nitrogens is 2. The van der Waals surface area contributed by atoms with E-state index >= 15 is 0 Å². The molecule has 3 aromatic carbocycles. The van der Waals surface area contributed by atoms with Crippen LogP contribution in [0.2, 0.25) is 0 Å². The zero-order valence-corrected chi connectivity index (χ0v) is 16.2. The van der Waals surface area contributed by atoms with Crippen molar-refractivity contribution in [2.45, 2.75) is 13.0 Å². The molecular formula is C22H15F4N3O3. The van der Waals surface area contributed by atoms with Crippen molar-refractivity contribution in [3.8, 4) is 11.5 Å². The van der Waals surface area contributed by atoms with Crippen LogP contribution in [0.15, 0.2) is 66.7 Å². The first kappa shape index (κ1) is 21.2. The SMILES string of the molecule is O=C(Nc1n[nH]c2cc(OCc3cccc(OC(F)(F)F)c3)ccc12)c1ccccc1F. The van der Waals surface area contributed by atoms with Crippen molar-refractivity contribution >= 4 is 22.6 Å². The van der Waals surface area contributed by atoms with Gasteiger partial charge in [-0.05, 0) is 42.0 Å². The second-order valence-corrected chi connectivity index (χ2v) is 6.70. The van der Waals surface area contributed by atoms with Gasteiger partial charge in [0.1, 0.15) is 23.9 Å². The number of amides is 1. The van der Waals surface area contributed by atoms with Crippen molar-refractivity contribution in [2.24, 2.45) is 0 Å². The quantitative estimate of drug-likeness (QED) is 0.388. The van der Waals surface area contributed by atoms with E-state index in [0.29, 0.717) is 22.2 Å². The van der Waals surface area contributed by atoms with Crippen LogP contribution in [0.1, 0.15) is 15.9 Å². The Labute approximate surface area is 178 Å². The minimum atomic E-state index is -4.77. The lowest BCUT2D eigenvalue weighted by Gasteiger charge is -2.11. The fourth-order valence-electron chi connectivity index (χ4n) is 3.00. The number of alkyl halides is 3. The number of nitrogens with one attached hydrogen (secondary N) is 2. The van der Waals surface area contributed by atoms with E-state index in [1.54, 1.807) is 30.3 Å². The van der Waals surface area contributed by atoms with Gasteiger partial charge in [-0.15, -0.1) is 13.2 Å². The molecule has 1 aromatic heterocycles. The molecule has 32 heavy (non-hydrogen) atoms. The highest BCUT2D eigenvalue weighted by Gasteiger charge is 2.31. The summed E-state index contributed by atoms with van der Waals surface area (Å²) >= 11 is 0. The highest BCUT2D eigenvalue weighted by Crippen LogP contribution is 2.27. The number of hydrogen-bond acceptors (Lipinski definition) is 4. The normalized spacial score (nSPS) is 11.4. The summed E-state index contributed by atoms with van der Waals surface area (Å²) in [7, 11) is 0. The van der Waals surface area contributed by atoms with Crippen LogP contribution in [0.4, 0.5) is 23.4 Å². The van der Waals surface area contributed by atoms with Gasteiger partial charge in [0, 0.05) is 11.5 Å². The Balaban J connectivity index is 1.45. The predicted molar refractivity (Wildman–Crippen MR) is 108 cm³/mol. The number of rotatable bonds is 6. The van der Waals surface area contributed by atoms with Crippen molar-refractivity contribution in [3.63, 3.8) is 0 Å². The Bertz CT molecular complexity index is 1270. The Kier molecular flexibility index (Phi) is 5.67. The van der Waals surface area contributed by atoms with Crippen LogP contribution in [-0.4, -0.2) is 22.5 Å². The number of carbonyl (C=O) groups excluding carboxylic acids is 1. The van der Waals surface area contributed by atoms with E-state index in [2.05, 4.69) is 20.3 Å². The molecule has 0 spiro atoms. The third-order valence-electron chi connectivity index (χ3n) is 4.42. The van der Waals surface area contributed by atoms with Gasteiger partial charge in [-0.1, -0.05) is 24.3 Å². The standard InChI is InChI=1S/C22H15F4N3O3/c23-18-7-2-1-6-16(18)21(30)27-20-17-9-8-14(11-19(17)28-29-20)31-12-13-4-3-5-15(10-13)32-22(24,25)26/h1-11H,12H2,(H2,27,28,29,30). The number of fused-ring (bicyclic) bond motifs is 1. The van der Waals surface area contributed by atoms with Gasteiger partial charge in [0.05, 0.1) is 11.1 Å². The lowest BCUT2D eigenvalue weighted by molar-refractivity contribution is -0.274. The maximum absolute atomic E-state index is 13.8. The zero-order chi connectivity index (χ0) is 22.7. The molecule has 0 aliphatic heterocycles. The Morgan fingerprint density at radius 1 is 1.00 bits per heavy atom. The first-order valence-electron chi connectivity index (χ1n) is 9.30. The van der Waals surface area contributed by atoms with Gasteiger partial charge in [0.25, 0.3) is 5.91 Å². The number of aromatic amines is 1. The molecule has 0 unspecified atom stereocenters. The van der Waals surface area contributed by atoms with E-state index in [4.69, 9.17) is 4.74 Å². The first-order chi connectivity index (χ1) is 15.3. The molecule has 164 valence electrons. The molecule has 0 atom stereocenters. The van der Waals surface area contributed by atoms with Crippen molar-refractivity contribution < 1.29 is 31.8 Å². The second-order valence-electron chi connectivity index (χ2n) is 6.70. The highest BCUT2D eigenvalue weighted by molar-refractivity contribution is 6.08. The van der Waals surface area contributed by atoms with Crippen LogP contribution >= 0.6 is 0 Å². The third-order valence-corrected chi connectivity index (χ3v) is 4.42. The summed E-state index contributed by atoms with van der Waals surface area (Å²) in [6.07, 6.45) is -4.77. The van der Waals surface area contributed by atoms with Gasteiger partial charge in [0.15, 0.2) is 5.82 Å². The van der Waals surface area contributed by atoms with Gasteiger partial charge < -0.3 is 14.8 Å². The number of hydrogen-bond donors (Lipinski definition) is 2. The van der Waals surface area contributed by atoms with Crippen LogP contribution < -0.4 is 14.8 Å². The second kappa shape index (κ2) is 8.58. The van der Waals surface area contributed by atoms with Crippen LogP contribution in [0.25, 0.3) is 10.9 Å². The van der Waals surface area contributed by atoms with Gasteiger partial charge >= 0.3 is 6.36 Å². The number of anilines is 1. The average molecular weight is 445 g/mol. The van der Waals surface area contributed by atoms with Gasteiger partial charge in [-0.25, -0.2) is 4.39 Å². The molecule has 0 bridgehead atoms. The lowest BCUT2D eigenvalue weighted by atomic mass is 10.2. The van der Waals surface area contributed by atoms with E-state index in [1.165, 1.54) is 36.4 Å². The minimum absolute atomic E-state index is 0.00553. The van der Waals surface area contributed by atoms with Gasteiger partial charge in [0.2, 0.25) is 0 Å². The molecule has 0 saturated carbocycles. The first-order valence-corrected chi connectivity index (χ1v) is 9.30. The largest absolute Gasteiger partial charge is 0.573 e. The molecule has 6 nitrogen and oxygen atoms in total. The fraction of sp³-hybridized carbons (Fsp3) is 0.0909. The number of H-pyrrole nitrogens is 1. The van der Waals surface area contributed by atoms with Crippen molar-refractivity contribution in [2.75, 3.05) is 5.32 Å². The highest BCUT2D eigenvalue weighted by atomic mass is 19.4. The number of halogens is 4. The number of ether oxygens (including phenoxy) is 2. The molecule has 1 amide bonds. The smallest absolute Gasteiger partial charge is 0.489 e. The molecule has 0 aliphatic rings. The average Bonchev–Trinajstić information content (AvgIpc) is 3.13. The zero-order valence-electron chi connectivity index (χ0n) is 16.2.